The molecule has 1 heterocycles. The van der Waals surface area contributed by atoms with Crippen LogP contribution in [-0.4, -0.2) is 24.0 Å². The predicted molar refractivity (Wildman–Crippen MR) is 60.8 cm³/mol. The van der Waals surface area contributed by atoms with Gasteiger partial charge < -0.3 is 10.1 Å². The molecule has 18 heavy (non-hydrogen) atoms. The number of carbonyl (C=O) groups excluding carboxylic acids is 2. The minimum atomic E-state index is -0.323. The molecule has 94 valence electrons. The lowest BCUT2D eigenvalue weighted by molar-refractivity contribution is -0.144. The zero-order valence-electron chi connectivity index (χ0n) is 10.1. The summed E-state index contributed by atoms with van der Waals surface area (Å²) in [5.74, 6) is -0.971. The monoisotopic (exact) mass is 246 g/mol. The molecule has 0 radical (unpaired) electrons. The molecule has 5 heteroatoms. The average Bonchev–Trinajstić information content (AvgIpc) is 2.91. The Balaban J connectivity index is 1.87. The zero-order chi connectivity index (χ0) is 13.0. The molecule has 2 saturated carbocycles. The van der Waals surface area contributed by atoms with Crippen LogP contribution in [-0.2, 0) is 14.3 Å². The second-order valence-corrected chi connectivity index (χ2v) is 5.43. The Kier molecular flexibility index (Phi) is 2.24. The van der Waals surface area contributed by atoms with Gasteiger partial charge in [0.15, 0.2) is 0 Å². The first-order valence-corrected chi connectivity index (χ1v) is 6.11. The van der Waals surface area contributed by atoms with Gasteiger partial charge in [0, 0.05) is 11.5 Å². The maximum Gasteiger partial charge on any atom is 0.311 e. The van der Waals surface area contributed by atoms with Gasteiger partial charge in [-0.05, 0) is 19.3 Å². The van der Waals surface area contributed by atoms with Gasteiger partial charge >= 0.3 is 5.97 Å². The number of hydrogen-bond donors (Lipinski definition) is 1. The van der Waals surface area contributed by atoms with E-state index in [1.807, 2.05) is 0 Å². The van der Waals surface area contributed by atoms with Crippen molar-refractivity contribution in [3.05, 3.63) is 12.2 Å². The van der Waals surface area contributed by atoms with E-state index in [0.29, 0.717) is 5.57 Å². The largest absolute Gasteiger partial charge is 0.460 e. The first kappa shape index (κ1) is 11.3. The van der Waals surface area contributed by atoms with Crippen molar-refractivity contribution in [3.63, 3.8) is 0 Å². The van der Waals surface area contributed by atoms with E-state index in [2.05, 4.69) is 18.0 Å². The van der Waals surface area contributed by atoms with E-state index in [1.165, 1.54) is 0 Å². The molecule has 1 saturated heterocycles. The molecule has 1 amide bonds. The Hall–Kier alpha value is -1.83. The molecule has 6 atom stereocenters. The average molecular weight is 246 g/mol. The van der Waals surface area contributed by atoms with Gasteiger partial charge in [-0.15, -0.1) is 0 Å². The normalized spacial score (nSPS) is 43.4. The van der Waals surface area contributed by atoms with Gasteiger partial charge in [-0.2, -0.15) is 5.26 Å². The molecule has 2 aliphatic carbocycles. The maximum atomic E-state index is 11.7. The molecule has 0 aromatic carbocycles. The molecular weight excluding hydrogens is 232 g/mol. The quantitative estimate of drug-likeness (QED) is 0.564. The lowest BCUT2D eigenvalue weighted by atomic mass is 9.78. The van der Waals surface area contributed by atoms with Gasteiger partial charge in [0.1, 0.15) is 6.10 Å². The predicted octanol–water partition coefficient (Wildman–Crippen LogP) is 0.378. The number of fused-ring (bicyclic) bond motifs is 1. The minimum absolute atomic E-state index is 0.0322. The fourth-order valence-corrected chi connectivity index (χ4v) is 3.69. The van der Waals surface area contributed by atoms with Crippen molar-refractivity contribution in [2.45, 2.75) is 25.5 Å². The molecular formula is C13H14N2O3. The van der Waals surface area contributed by atoms with E-state index < -0.39 is 0 Å². The number of amides is 1. The molecule has 3 fully saturated rings. The number of carbonyl (C=O) groups is 2. The van der Waals surface area contributed by atoms with Crippen LogP contribution in [0.1, 0.15) is 13.3 Å². The number of rotatable bonds is 2. The van der Waals surface area contributed by atoms with Crippen LogP contribution in [0.5, 0.6) is 0 Å². The lowest BCUT2D eigenvalue weighted by Gasteiger charge is -2.29. The minimum Gasteiger partial charge on any atom is -0.460 e. The van der Waals surface area contributed by atoms with E-state index in [1.54, 1.807) is 6.92 Å². The van der Waals surface area contributed by atoms with E-state index in [-0.39, 0.29) is 47.7 Å². The summed E-state index contributed by atoms with van der Waals surface area (Å²) in [7, 11) is 0. The molecule has 5 nitrogen and oxygen atoms in total. The highest BCUT2D eigenvalue weighted by atomic mass is 16.6. The van der Waals surface area contributed by atoms with Crippen molar-refractivity contribution in [3.8, 4) is 6.07 Å². The van der Waals surface area contributed by atoms with Crippen molar-refractivity contribution in [2.24, 2.45) is 23.7 Å². The summed E-state index contributed by atoms with van der Waals surface area (Å²) in [5.41, 5.74) is 0.423. The van der Waals surface area contributed by atoms with E-state index in [9.17, 15) is 14.9 Å². The number of hydrogen-bond acceptors (Lipinski definition) is 4. The summed E-state index contributed by atoms with van der Waals surface area (Å²) < 4.78 is 5.33. The van der Waals surface area contributed by atoms with Gasteiger partial charge in [-0.3, -0.25) is 9.59 Å². The third-order valence-electron chi connectivity index (χ3n) is 4.45. The molecule has 0 aromatic heterocycles. The molecule has 6 unspecified atom stereocenters. The van der Waals surface area contributed by atoms with E-state index in [4.69, 9.17) is 4.74 Å². The number of nitriles is 1. The van der Waals surface area contributed by atoms with Crippen LogP contribution < -0.4 is 5.32 Å². The molecule has 2 bridgehead atoms. The van der Waals surface area contributed by atoms with Crippen LogP contribution in [0.3, 0.4) is 0 Å². The Morgan fingerprint density at radius 2 is 2.28 bits per heavy atom. The van der Waals surface area contributed by atoms with Crippen LogP contribution in [0.2, 0.25) is 0 Å². The summed E-state index contributed by atoms with van der Waals surface area (Å²) in [4.78, 5) is 23.4. The highest BCUT2D eigenvalue weighted by Crippen LogP contribution is 2.57. The molecule has 3 aliphatic rings. The second-order valence-electron chi connectivity index (χ2n) is 5.43. The van der Waals surface area contributed by atoms with Crippen LogP contribution in [0, 0.1) is 35.0 Å². The standard InChI is InChI=1S/C13H14N2O3/c1-5(2)12(16)15-10-6-3-7-9(8(6)4-14)13(17)18-11(7)10/h6-11H,1,3H2,2H3,(H,15,16). The van der Waals surface area contributed by atoms with Crippen LogP contribution in [0.25, 0.3) is 0 Å². The summed E-state index contributed by atoms with van der Waals surface area (Å²) in [5, 5.41) is 12.1. The third kappa shape index (κ3) is 1.26. The summed E-state index contributed by atoms with van der Waals surface area (Å²) >= 11 is 0. The van der Waals surface area contributed by atoms with Crippen LogP contribution in [0.4, 0.5) is 0 Å². The Bertz CT molecular complexity index is 493. The number of esters is 1. The second kappa shape index (κ2) is 3.58. The zero-order valence-corrected chi connectivity index (χ0v) is 10.1. The summed E-state index contributed by atoms with van der Waals surface area (Å²) in [6.45, 7) is 5.22. The van der Waals surface area contributed by atoms with Gasteiger partial charge in [0.2, 0.25) is 5.91 Å². The molecule has 0 spiro atoms. The van der Waals surface area contributed by atoms with Gasteiger partial charge in [-0.1, -0.05) is 6.58 Å². The highest BCUT2D eigenvalue weighted by Gasteiger charge is 2.67. The molecule has 1 aliphatic heterocycles. The van der Waals surface area contributed by atoms with Crippen molar-refractivity contribution >= 4 is 11.9 Å². The molecule has 1 N–H and O–H groups in total. The number of nitrogens with one attached hydrogen (secondary N) is 1. The van der Waals surface area contributed by atoms with Gasteiger partial charge in [0.25, 0.3) is 0 Å². The molecule has 3 rings (SSSR count). The Morgan fingerprint density at radius 1 is 1.56 bits per heavy atom. The Labute approximate surface area is 105 Å². The fraction of sp³-hybridized carbons (Fsp3) is 0.615. The van der Waals surface area contributed by atoms with Crippen molar-refractivity contribution in [1.82, 2.24) is 5.32 Å². The van der Waals surface area contributed by atoms with Gasteiger partial charge in [-0.25, -0.2) is 0 Å². The number of nitrogens with zero attached hydrogens (tertiary/aromatic N) is 1. The fourth-order valence-electron chi connectivity index (χ4n) is 3.69. The summed E-state index contributed by atoms with van der Waals surface area (Å²) in [6.07, 6.45) is 0.542. The SMILES string of the molecule is C=C(C)C(=O)NC1C2CC3C1OC(=O)C3C2C#N. The van der Waals surface area contributed by atoms with Crippen LogP contribution >= 0.6 is 0 Å². The van der Waals surface area contributed by atoms with E-state index >= 15 is 0 Å². The van der Waals surface area contributed by atoms with Crippen molar-refractivity contribution in [1.29, 1.82) is 5.26 Å². The first-order chi connectivity index (χ1) is 8.54. The van der Waals surface area contributed by atoms with Crippen molar-refractivity contribution in [2.75, 3.05) is 0 Å². The molecule has 0 aromatic rings. The topological polar surface area (TPSA) is 79.2 Å². The Morgan fingerprint density at radius 3 is 2.89 bits per heavy atom. The van der Waals surface area contributed by atoms with Crippen LogP contribution in [0.15, 0.2) is 12.2 Å². The number of ether oxygens (including phenoxy) is 1. The van der Waals surface area contributed by atoms with E-state index in [0.717, 1.165) is 6.42 Å². The lowest BCUT2D eigenvalue weighted by Crippen LogP contribution is -2.49. The smallest absolute Gasteiger partial charge is 0.311 e. The highest BCUT2D eigenvalue weighted by molar-refractivity contribution is 5.92. The summed E-state index contributed by atoms with van der Waals surface area (Å²) in [6, 6.07) is 1.98. The van der Waals surface area contributed by atoms with Gasteiger partial charge in [0.05, 0.1) is 23.9 Å². The third-order valence-corrected chi connectivity index (χ3v) is 4.45. The van der Waals surface area contributed by atoms with Crippen molar-refractivity contribution < 1.29 is 14.3 Å². The first-order valence-electron chi connectivity index (χ1n) is 6.11. The maximum absolute atomic E-state index is 11.7.